The summed E-state index contributed by atoms with van der Waals surface area (Å²) in [6.45, 7) is 7.76. The van der Waals surface area contributed by atoms with Crippen LogP contribution < -0.4 is 4.90 Å². The number of ether oxygens (including phenoxy) is 1. The van der Waals surface area contributed by atoms with E-state index >= 15 is 0 Å². The Labute approximate surface area is 136 Å². The highest BCUT2D eigenvalue weighted by Gasteiger charge is 2.33. The second-order valence-electron chi connectivity index (χ2n) is 6.57. The summed E-state index contributed by atoms with van der Waals surface area (Å²) in [4.78, 5) is 19.8. The van der Waals surface area contributed by atoms with Gasteiger partial charge in [-0.1, -0.05) is 0 Å². The Morgan fingerprint density at radius 1 is 1.39 bits per heavy atom. The van der Waals surface area contributed by atoms with E-state index in [0.717, 1.165) is 39.0 Å². The molecule has 0 amide bonds. The molecule has 2 fully saturated rings. The molecule has 2 aliphatic heterocycles. The maximum atomic E-state index is 11.3. The molecule has 0 saturated carbocycles. The Balaban J connectivity index is 1.74. The summed E-state index contributed by atoms with van der Waals surface area (Å²) in [5, 5.41) is 11.3. The smallest absolute Gasteiger partial charge is 0.311 e. The van der Waals surface area contributed by atoms with Crippen LogP contribution in [0, 0.1) is 10.1 Å². The van der Waals surface area contributed by atoms with Gasteiger partial charge in [0.2, 0.25) is 5.82 Å². The first-order chi connectivity index (χ1) is 11.0. The van der Waals surface area contributed by atoms with Crippen molar-refractivity contribution < 1.29 is 9.66 Å². The number of anilines is 1. The van der Waals surface area contributed by atoms with Gasteiger partial charge in [-0.05, 0) is 32.8 Å². The standard InChI is InChI=1S/C16H24N4O3/c1-12-9-18(10-13(2)23-12)11-14-5-4-8-19(14)16-15(20(21)22)6-3-7-17-16/h3,6-7,12-14H,4-5,8-11H2,1-2H3. The molecule has 23 heavy (non-hydrogen) atoms. The summed E-state index contributed by atoms with van der Waals surface area (Å²) in [5.41, 5.74) is 0.100. The molecule has 1 aromatic rings. The number of hydrogen-bond acceptors (Lipinski definition) is 6. The van der Waals surface area contributed by atoms with Gasteiger partial charge in [0, 0.05) is 44.5 Å². The van der Waals surface area contributed by atoms with Gasteiger partial charge >= 0.3 is 5.69 Å². The van der Waals surface area contributed by atoms with E-state index in [0.29, 0.717) is 5.82 Å². The van der Waals surface area contributed by atoms with E-state index in [9.17, 15) is 10.1 Å². The van der Waals surface area contributed by atoms with Gasteiger partial charge < -0.3 is 9.64 Å². The first kappa shape index (κ1) is 16.1. The second kappa shape index (κ2) is 6.80. The van der Waals surface area contributed by atoms with Crippen LogP contribution in [0.5, 0.6) is 0 Å². The minimum Gasteiger partial charge on any atom is -0.373 e. The van der Waals surface area contributed by atoms with Crippen LogP contribution in [0.4, 0.5) is 11.5 Å². The van der Waals surface area contributed by atoms with E-state index in [2.05, 4.69) is 28.6 Å². The Morgan fingerprint density at radius 2 is 2.13 bits per heavy atom. The molecule has 126 valence electrons. The zero-order chi connectivity index (χ0) is 16.4. The van der Waals surface area contributed by atoms with Gasteiger partial charge in [-0.2, -0.15) is 0 Å². The van der Waals surface area contributed by atoms with Crippen molar-refractivity contribution in [2.75, 3.05) is 31.1 Å². The second-order valence-corrected chi connectivity index (χ2v) is 6.57. The quantitative estimate of drug-likeness (QED) is 0.625. The molecule has 3 atom stereocenters. The van der Waals surface area contributed by atoms with Crippen molar-refractivity contribution in [1.29, 1.82) is 0 Å². The predicted octanol–water partition coefficient (Wildman–Crippen LogP) is 2.07. The minimum atomic E-state index is -0.337. The van der Waals surface area contributed by atoms with Gasteiger partial charge in [-0.3, -0.25) is 15.0 Å². The summed E-state index contributed by atoms with van der Waals surface area (Å²) in [6, 6.07) is 3.44. The number of nitro groups is 1. The predicted molar refractivity (Wildman–Crippen MR) is 87.7 cm³/mol. The van der Waals surface area contributed by atoms with E-state index in [-0.39, 0.29) is 28.9 Å². The number of aromatic nitrogens is 1. The van der Waals surface area contributed by atoms with Crippen LogP contribution in [0.2, 0.25) is 0 Å². The summed E-state index contributed by atoms with van der Waals surface area (Å²) < 4.78 is 5.79. The number of rotatable bonds is 4. The summed E-state index contributed by atoms with van der Waals surface area (Å²) in [6.07, 6.45) is 4.20. The topological polar surface area (TPSA) is 71.7 Å². The van der Waals surface area contributed by atoms with E-state index in [1.165, 1.54) is 6.07 Å². The van der Waals surface area contributed by atoms with Crippen molar-refractivity contribution in [2.45, 2.75) is 44.9 Å². The number of morpholine rings is 1. The largest absolute Gasteiger partial charge is 0.373 e. The molecular formula is C16H24N4O3. The normalized spacial score (nSPS) is 29.0. The highest BCUT2D eigenvalue weighted by atomic mass is 16.6. The summed E-state index contributed by atoms with van der Waals surface area (Å²) in [5.74, 6) is 0.509. The molecule has 3 unspecified atom stereocenters. The van der Waals surface area contributed by atoms with Crippen LogP contribution in [0.25, 0.3) is 0 Å². The van der Waals surface area contributed by atoms with Crippen molar-refractivity contribution in [1.82, 2.24) is 9.88 Å². The zero-order valence-corrected chi connectivity index (χ0v) is 13.7. The molecule has 0 aromatic carbocycles. The third-order valence-electron chi connectivity index (χ3n) is 4.58. The van der Waals surface area contributed by atoms with Crippen molar-refractivity contribution in [3.8, 4) is 0 Å². The van der Waals surface area contributed by atoms with Crippen molar-refractivity contribution in [3.63, 3.8) is 0 Å². The highest BCUT2D eigenvalue weighted by molar-refractivity contribution is 5.58. The SMILES string of the molecule is CC1CN(CC2CCCN2c2ncccc2[N+](=O)[O-])CC(C)O1. The van der Waals surface area contributed by atoms with Crippen LogP contribution in [-0.2, 0) is 4.74 Å². The van der Waals surface area contributed by atoms with E-state index in [1.807, 2.05) is 0 Å². The summed E-state index contributed by atoms with van der Waals surface area (Å²) >= 11 is 0. The Hall–Kier alpha value is -1.73. The van der Waals surface area contributed by atoms with Gasteiger partial charge in [0.15, 0.2) is 0 Å². The lowest BCUT2D eigenvalue weighted by molar-refractivity contribution is -0.384. The highest BCUT2D eigenvalue weighted by Crippen LogP contribution is 2.31. The maximum absolute atomic E-state index is 11.3. The van der Waals surface area contributed by atoms with Crippen LogP contribution in [0.15, 0.2) is 18.3 Å². The maximum Gasteiger partial charge on any atom is 0.311 e. The number of nitrogens with zero attached hydrogens (tertiary/aromatic N) is 4. The van der Waals surface area contributed by atoms with Gasteiger partial charge in [-0.25, -0.2) is 4.98 Å². The molecule has 2 aliphatic rings. The third kappa shape index (κ3) is 3.61. The molecule has 0 aliphatic carbocycles. The average Bonchev–Trinajstić information content (AvgIpc) is 2.94. The first-order valence-electron chi connectivity index (χ1n) is 8.28. The molecule has 3 heterocycles. The fourth-order valence-electron chi connectivity index (χ4n) is 3.79. The van der Waals surface area contributed by atoms with Crippen LogP contribution in [0.1, 0.15) is 26.7 Å². The molecule has 0 spiro atoms. The first-order valence-corrected chi connectivity index (χ1v) is 8.28. The lowest BCUT2D eigenvalue weighted by Gasteiger charge is -2.38. The van der Waals surface area contributed by atoms with Gasteiger partial charge in [-0.15, -0.1) is 0 Å². The lowest BCUT2D eigenvalue weighted by atomic mass is 10.1. The average molecular weight is 320 g/mol. The van der Waals surface area contributed by atoms with Gasteiger partial charge in [0.1, 0.15) is 0 Å². The molecule has 3 rings (SSSR count). The van der Waals surface area contributed by atoms with Crippen LogP contribution in [0.3, 0.4) is 0 Å². The van der Waals surface area contributed by atoms with Gasteiger partial charge in [0.05, 0.1) is 17.1 Å². The van der Waals surface area contributed by atoms with Crippen LogP contribution in [-0.4, -0.2) is 59.2 Å². The molecule has 0 radical (unpaired) electrons. The molecule has 0 bridgehead atoms. The molecule has 0 N–H and O–H groups in total. The summed E-state index contributed by atoms with van der Waals surface area (Å²) in [7, 11) is 0. The van der Waals surface area contributed by atoms with Gasteiger partial charge in [0.25, 0.3) is 0 Å². The Morgan fingerprint density at radius 3 is 2.83 bits per heavy atom. The van der Waals surface area contributed by atoms with E-state index < -0.39 is 0 Å². The van der Waals surface area contributed by atoms with E-state index in [1.54, 1.807) is 12.3 Å². The van der Waals surface area contributed by atoms with E-state index in [4.69, 9.17) is 4.74 Å². The monoisotopic (exact) mass is 320 g/mol. The fourth-order valence-corrected chi connectivity index (χ4v) is 3.79. The molecule has 1 aromatic heterocycles. The zero-order valence-electron chi connectivity index (χ0n) is 13.7. The molecular weight excluding hydrogens is 296 g/mol. The Bertz CT molecular complexity index is 558. The number of pyridine rings is 1. The van der Waals surface area contributed by atoms with Crippen molar-refractivity contribution >= 4 is 11.5 Å². The fraction of sp³-hybridized carbons (Fsp3) is 0.688. The Kier molecular flexibility index (Phi) is 4.77. The molecule has 2 saturated heterocycles. The lowest BCUT2D eigenvalue weighted by Crippen LogP contribution is -2.50. The number of hydrogen-bond donors (Lipinski definition) is 0. The van der Waals surface area contributed by atoms with Crippen LogP contribution >= 0.6 is 0 Å². The third-order valence-corrected chi connectivity index (χ3v) is 4.58. The molecule has 7 heteroatoms. The van der Waals surface area contributed by atoms with Crippen molar-refractivity contribution in [3.05, 3.63) is 28.4 Å². The molecule has 7 nitrogen and oxygen atoms in total. The minimum absolute atomic E-state index is 0.100. The van der Waals surface area contributed by atoms with Crippen molar-refractivity contribution in [2.24, 2.45) is 0 Å².